The lowest BCUT2D eigenvalue weighted by Crippen LogP contribution is -2.32. The zero-order chi connectivity index (χ0) is 10.7. The second kappa shape index (κ2) is 4.75. The normalized spacial score (nSPS) is 19.6. The van der Waals surface area contributed by atoms with Crippen molar-refractivity contribution >= 4 is 0 Å². The van der Waals surface area contributed by atoms with Gasteiger partial charge < -0.3 is 5.32 Å². The molecule has 4 heteroatoms. The van der Waals surface area contributed by atoms with Crippen molar-refractivity contribution < 1.29 is 4.63 Å². The fourth-order valence-electron chi connectivity index (χ4n) is 2.29. The van der Waals surface area contributed by atoms with Crippen molar-refractivity contribution in [2.45, 2.75) is 52.1 Å². The summed E-state index contributed by atoms with van der Waals surface area (Å²) in [4.78, 5) is 0. The number of aromatic nitrogens is 2. The van der Waals surface area contributed by atoms with Crippen LogP contribution < -0.4 is 5.32 Å². The first-order chi connectivity index (χ1) is 7.27. The third kappa shape index (κ3) is 2.56. The first-order valence-electron chi connectivity index (χ1n) is 5.79. The lowest BCUT2D eigenvalue weighted by atomic mass is 10.00. The molecule has 1 heterocycles. The van der Waals surface area contributed by atoms with Crippen LogP contribution in [0.1, 0.15) is 44.0 Å². The van der Waals surface area contributed by atoms with E-state index in [1.807, 2.05) is 6.92 Å². The van der Waals surface area contributed by atoms with Gasteiger partial charge in [-0.2, -0.15) is 0 Å². The molecule has 84 valence electrons. The molecule has 0 unspecified atom stereocenters. The molecular weight excluding hydrogens is 190 g/mol. The monoisotopic (exact) mass is 209 g/mol. The highest BCUT2D eigenvalue weighted by molar-refractivity contribution is 5.04. The van der Waals surface area contributed by atoms with Crippen LogP contribution >= 0.6 is 0 Å². The number of hydrogen-bond acceptors (Lipinski definition) is 4. The fraction of sp³-hybridized carbons (Fsp3) is 0.818. The molecule has 0 saturated heterocycles. The molecule has 1 saturated carbocycles. The summed E-state index contributed by atoms with van der Waals surface area (Å²) in [5.41, 5.74) is 1.82. The first-order valence-corrected chi connectivity index (χ1v) is 5.79. The van der Waals surface area contributed by atoms with Gasteiger partial charge in [-0.15, -0.1) is 0 Å². The molecule has 1 aromatic rings. The second-order valence-electron chi connectivity index (χ2n) is 4.51. The van der Waals surface area contributed by atoms with Crippen molar-refractivity contribution in [3.8, 4) is 0 Å². The minimum atomic E-state index is 0.573. The van der Waals surface area contributed by atoms with Gasteiger partial charge in [-0.25, -0.2) is 4.63 Å². The van der Waals surface area contributed by atoms with E-state index in [4.69, 9.17) is 0 Å². The molecule has 1 aliphatic rings. The number of nitrogens with zero attached hydrogens (tertiary/aromatic N) is 2. The Kier molecular flexibility index (Phi) is 3.36. The average Bonchev–Trinajstić information content (AvgIpc) is 2.85. The maximum atomic E-state index is 4.66. The van der Waals surface area contributed by atoms with E-state index >= 15 is 0 Å². The Hall–Kier alpha value is -0.900. The highest BCUT2D eigenvalue weighted by Crippen LogP contribution is 2.27. The first kappa shape index (κ1) is 10.6. The second-order valence-corrected chi connectivity index (χ2v) is 4.51. The number of hydrogen-bond donors (Lipinski definition) is 1. The lowest BCUT2D eigenvalue weighted by molar-refractivity contribution is 0.298. The standard InChI is InChI=1S/C11H19N3O/c1-8(10-5-3-4-6-10)12-7-11-9(2)13-15-14-11/h8,10,12H,3-7H2,1-2H3/t8-/m1/s1. The summed E-state index contributed by atoms with van der Waals surface area (Å²) in [7, 11) is 0. The third-order valence-electron chi connectivity index (χ3n) is 3.44. The summed E-state index contributed by atoms with van der Waals surface area (Å²) in [6.45, 7) is 4.96. The largest absolute Gasteiger partial charge is 0.308 e. The van der Waals surface area contributed by atoms with Crippen LogP contribution in [0.2, 0.25) is 0 Å². The van der Waals surface area contributed by atoms with E-state index in [0.717, 1.165) is 23.9 Å². The Balaban J connectivity index is 1.80. The van der Waals surface area contributed by atoms with Crippen LogP contribution in [0.4, 0.5) is 0 Å². The highest BCUT2D eigenvalue weighted by Gasteiger charge is 2.21. The van der Waals surface area contributed by atoms with Crippen LogP contribution in [-0.2, 0) is 6.54 Å². The summed E-state index contributed by atoms with van der Waals surface area (Å²) in [5, 5.41) is 11.1. The predicted molar refractivity (Wildman–Crippen MR) is 57.3 cm³/mol. The summed E-state index contributed by atoms with van der Waals surface area (Å²) in [5.74, 6) is 0.838. The van der Waals surface area contributed by atoms with Gasteiger partial charge in [0.15, 0.2) is 0 Å². The van der Waals surface area contributed by atoms with Crippen molar-refractivity contribution in [3.05, 3.63) is 11.4 Å². The smallest absolute Gasteiger partial charge is 0.121 e. The SMILES string of the molecule is Cc1nonc1CN[C@H](C)C1CCCC1. The summed E-state index contributed by atoms with van der Waals surface area (Å²) < 4.78 is 4.66. The molecule has 0 bridgehead atoms. The van der Waals surface area contributed by atoms with E-state index in [1.54, 1.807) is 0 Å². The molecule has 0 aromatic carbocycles. The van der Waals surface area contributed by atoms with Gasteiger partial charge in [0, 0.05) is 12.6 Å². The molecule has 1 aliphatic carbocycles. The molecule has 1 fully saturated rings. The summed E-state index contributed by atoms with van der Waals surface area (Å²) in [6, 6.07) is 0.573. The maximum absolute atomic E-state index is 4.66. The van der Waals surface area contributed by atoms with Gasteiger partial charge in [0.05, 0.1) is 0 Å². The van der Waals surface area contributed by atoms with Crippen LogP contribution in [0, 0.1) is 12.8 Å². The number of rotatable bonds is 4. The van der Waals surface area contributed by atoms with E-state index < -0.39 is 0 Å². The quantitative estimate of drug-likeness (QED) is 0.824. The Labute approximate surface area is 90.4 Å². The minimum absolute atomic E-state index is 0.573. The van der Waals surface area contributed by atoms with Crippen molar-refractivity contribution in [1.29, 1.82) is 0 Å². The van der Waals surface area contributed by atoms with E-state index in [0.29, 0.717) is 6.04 Å². The van der Waals surface area contributed by atoms with Gasteiger partial charge >= 0.3 is 0 Å². The number of aryl methyl sites for hydroxylation is 1. The number of nitrogens with one attached hydrogen (secondary N) is 1. The van der Waals surface area contributed by atoms with Gasteiger partial charge in [0.25, 0.3) is 0 Å². The Morgan fingerprint density at radius 1 is 1.40 bits per heavy atom. The van der Waals surface area contributed by atoms with Gasteiger partial charge in [-0.3, -0.25) is 0 Å². The molecule has 0 radical (unpaired) electrons. The van der Waals surface area contributed by atoms with E-state index in [2.05, 4.69) is 27.2 Å². The molecule has 0 spiro atoms. The molecule has 4 nitrogen and oxygen atoms in total. The van der Waals surface area contributed by atoms with Crippen molar-refractivity contribution in [2.75, 3.05) is 0 Å². The van der Waals surface area contributed by atoms with Gasteiger partial charge in [-0.1, -0.05) is 23.2 Å². The molecule has 1 atom stereocenters. The highest BCUT2D eigenvalue weighted by atomic mass is 16.6. The van der Waals surface area contributed by atoms with E-state index in [9.17, 15) is 0 Å². The molecular formula is C11H19N3O. The van der Waals surface area contributed by atoms with Crippen molar-refractivity contribution in [2.24, 2.45) is 5.92 Å². The van der Waals surface area contributed by atoms with Gasteiger partial charge in [0.1, 0.15) is 11.4 Å². The molecule has 2 rings (SSSR count). The van der Waals surface area contributed by atoms with Crippen LogP contribution in [-0.4, -0.2) is 16.4 Å². The van der Waals surface area contributed by atoms with Gasteiger partial charge in [-0.05, 0) is 32.6 Å². The summed E-state index contributed by atoms with van der Waals surface area (Å²) in [6.07, 6.45) is 5.51. The van der Waals surface area contributed by atoms with Crippen LogP contribution in [0.25, 0.3) is 0 Å². The Morgan fingerprint density at radius 3 is 2.73 bits per heavy atom. The zero-order valence-corrected chi connectivity index (χ0v) is 9.49. The van der Waals surface area contributed by atoms with E-state index in [1.165, 1.54) is 25.7 Å². The third-order valence-corrected chi connectivity index (χ3v) is 3.44. The molecule has 15 heavy (non-hydrogen) atoms. The topological polar surface area (TPSA) is 51.0 Å². The van der Waals surface area contributed by atoms with Crippen LogP contribution in [0.15, 0.2) is 4.63 Å². The maximum Gasteiger partial charge on any atom is 0.121 e. The van der Waals surface area contributed by atoms with Crippen molar-refractivity contribution in [1.82, 2.24) is 15.6 Å². The molecule has 0 amide bonds. The van der Waals surface area contributed by atoms with E-state index in [-0.39, 0.29) is 0 Å². The zero-order valence-electron chi connectivity index (χ0n) is 9.49. The minimum Gasteiger partial charge on any atom is -0.308 e. The molecule has 1 aromatic heterocycles. The van der Waals surface area contributed by atoms with Crippen LogP contribution in [0.5, 0.6) is 0 Å². The molecule has 0 aliphatic heterocycles. The van der Waals surface area contributed by atoms with Crippen molar-refractivity contribution in [3.63, 3.8) is 0 Å². The van der Waals surface area contributed by atoms with Crippen LogP contribution in [0.3, 0.4) is 0 Å². The summed E-state index contributed by atoms with van der Waals surface area (Å²) >= 11 is 0. The lowest BCUT2D eigenvalue weighted by Gasteiger charge is -2.19. The predicted octanol–water partition coefficient (Wildman–Crippen LogP) is 2.05. The Morgan fingerprint density at radius 2 is 2.13 bits per heavy atom. The Bertz CT molecular complexity index is 305. The molecule has 1 N–H and O–H groups in total. The fourth-order valence-corrected chi connectivity index (χ4v) is 2.29. The average molecular weight is 209 g/mol. The van der Waals surface area contributed by atoms with Gasteiger partial charge in [0.2, 0.25) is 0 Å².